The molecule has 0 aliphatic rings. The van der Waals surface area contributed by atoms with Gasteiger partial charge in [0.2, 0.25) is 0 Å². The van der Waals surface area contributed by atoms with Crippen LogP contribution in [-0.4, -0.2) is 6.29 Å². The van der Waals surface area contributed by atoms with Crippen LogP contribution in [0, 0.1) is 6.07 Å². The Morgan fingerprint density at radius 3 is 2.50 bits per heavy atom. The van der Waals surface area contributed by atoms with Crippen LogP contribution in [0.15, 0.2) is 24.3 Å². The van der Waals surface area contributed by atoms with Crippen molar-refractivity contribution in [3.63, 3.8) is 0 Å². The monoisotopic (exact) mass is 237 g/mol. The van der Waals surface area contributed by atoms with Gasteiger partial charge in [0.15, 0.2) is 0 Å². The summed E-state index contributed by atoms with van der Waals surface area (Å²) in [5.41, 5.74) is 0.896. The maximum absolute atomic E-state index is 9.83. The first kappa shape index (κ1) is 14.5. The molecule has 1 radical (unpaired) electrons. The minimum absolute atomic E-state index is 0. The first-order valence-corrected chi connectivity index (χ1v) is 3.74. The summed E-state index contributed by atoms with van der Waals surface area (Å²) in [4.78, 5) is 9.83. The van der Waals surface area contributed by atoms with Gasteiger partial charge in [-0.1, -0.05) is 13.8 Å². The molecule has 1 rings (SSSR count). The van der Waals surface area contributed by atoms with Crippen LogP contribution < -0.4 is 0 Å². The number of hydrogen-bond acceptors (Lipinski definition) is 1. The fourth-order valence-electron chi connectivity index (χ4n) is 0.618. The Morgan fingerprint density at radius 2 is 2.08 bits per heavy atom. The van der Waals surface area contributed by atoms with Crippen LogP contribution in [0.25, 0.3) is 0 Å². The van der Waals surface area contributed by atoms with Crippen LogP contribution in [0.2, 0.25) is 0 Å². The third-order valence-electron chi connectivity index (χ3n) is 1.04. The maximum atomic E-state index is 9.83. The molecule has 1 aromatic carbocycles. The molecule has 0 aliphatic carbocycles. The van der Waals surface area contributed by atoms with Crippen LogP contribution in [-0.2, 0) is 43.9 Å². The molecule has 0 fully saturated rings. The first-order valence-electron chi connectivity index (χ1n) is 3.74. The molecule has 0 aromatic heterocycles. The second-order valence-corrected chi connectivity index (χ2v) is 1.71. The zero-order valence-electron chi connectivity index (χ0n) is 7.50. The van der Waals surface area contributed by atoms with Gasteiger partial charge in [0, 0.05) is 32.7 Å². The van der Waals surface area contributed by atoms with Gasteiger partial charge in [0.25, 0.3) is 0 Å². The summed E-state index contributed by atoms with van der Waals surface area (Å²) in [6.45, 7) is 4.00. The Labute approximate surface area is 99.4 Å². The van der Waals surface area contributed by atoms with E-state index in [2.05, 4.69) is 6.07 Å². The van der Waals surface area contributed by atoms with Crippen molar-refractivity contribution in [3.8, 4) is 0 Å². The van der Waals surface area contributed by atoms with Gasteiger partial charge in [-0.25, -0.2) is 0 Å². The van der Waals surface area contributed by atoms with E-state index >= 15 is 0 Å². The zero-order valence-corrected chi connectivity index (χ0v) is 10.3. The molecular weight excluding hydrogens is 225 g/mol. The van der Waals surface area contributed by atoms with Gasteiger partial charge in [0.05, 0.1) is 0 Å². The van der Waals surface area contributed by atoms with Crippen LogP contribution in [0.4, 0.5) is 0 Å². The predicted molar refractivity (Wildman–Crippen MR) is 46.0 cm³/mol. The standard InChI is InChI=1S/C8H6O.C2H6.Y/c9-7-6-8-4-2-1-3-5-8;1-2;/h1-4H,6H2;1-2H3;/q-2;;. The second kappa shape index (κ2) is 11.0. The minimum Gasteiger partial charge on any atom is -0.542 e. The van der Waals surface area contributed by atoms with Gasteiger partial charge >= 0.3 is 0 Å². The summed E-state index contributed by atoms with van der Waals surface area (Å²) in [6, 6.07) is 10.3. The van der Waals surface area contributed by atoms with Gasteiger partial charge < -0.3 is 4.79 Å². The van der Waals surface area contributed by atoms with Crippen LogP contribution >= 0.6 is 0 Å². The zero-order chi connectivity index (χ0) is 8.53. The van der Waals surface area contributed by atoms with E-state index in [0.717, 1.165) is 5.56 Å². The minimum atomic E-state index is 0. The van der Waals surface area contributed by atoms with Crippen molar-refractivity contribution in [2.75, 3.05) is 0 Å². The number of carbonyl (C=O) groups excluding carboxylic acids is 1. The van der Waals surface area contributed by atoms with E-state index < -0.39 is 0 Å². The summed E-state index contributed by atoms with van der Waals surface area (Å²) in [7, 11) is 0. The fraction of sp³-hybridized carbons (Fsp3) is 0.300. The topological polar surface area (TPSA) is 17.1 Å². The SMILES string of the molecule is CC.O=[C-]Cc1[c-]cccc1.[Y]. The normalized spacial score (nSPS) is 7.17. The molecule has 63 valence electrons. The third kappa shape index (κ3) is 6.69. The first-order chi connectivity index (χ1) is 5.43. The molecule has 0 spiro atoms. The molecule has 0 unspecified atom stereocenters. The van der Waals surface area contributed by atoms with Crippen molar-refractivity contribution in [1.29, 1.82) is 0 Å². The number of benzene rings is 1. The fourth-order valence-corrected chi connectivity index (χ4v) is 0.618. The summed E-state index contributed by atoms with van der Waals surface area (Å²) in [5, 5.41) is 0. The molecule has 1 nitrogen and oxygen atoms in total. The van der Waals surface area contributed by atoms with E-state index in [0.29, 0.717) is 6.42 Å². The predicted octanol–water partition coefficient (Wildman–Crippen LogP) is 2.16. The Kier molecular flexibility index (Phi) is 13.3. The molecule has 2 heteroatoms. The molecule has 0 bridgehead atoms. The average Bonchev–Trinajstić information content (AvgIpc) is 2.11. The molecule has 0 saturated carbocycles. The second-order valence-electron chi connectivity index (χ2n) is 1.71. The summed E-state index contributed by atoms with van der Waals surface area (Å²) in [5.74, 6) is 0. The molecule has 12 heavy (non-hydrogen) atoms. The van der Waals surface area contributed by atoms with Crippen LogP contribution in [0.5, 0.6) is 0 Å². The quantitative estimate of drug-likeness (QED) is 0.720. The summed E-state index contributed by atoms with van der Waals surface area (Å²) < 4.78 is 0. The Balaban J connectivity index is 0. The van der Waals surface area contributed by atoms with Crippen molar-refractivity contribution >= 4 is 6.29 Å². The Morgan fingerprint density at radius 1 is 1.42 bits per heavy atom. The average molecular weight is 237 g/mol. The van der Waals surface area contributed by atoms with Gasteiger partial charge in [-0.3, -0.25) is 6.29 Å². The van der Waals surface area contributed by atoms with E-state index in [1.165, 1.54) is 0 Å². The van der Waals surface area contributed by atoms with Crippen molar-refractivity contribution in [1.82, 2.24) is 0 Å². The third-order valence-corrected chi connectivity index (χ3v) is 1.04. The van der Waals surface area contributed by atoms with Crippen molar-refractivity contribution in [2.45, 2.75) is 20.3 Å². The molecule has 0 atom stereocenters. The Hall–Kier alpha value is -0.00610. The summed E-state index contributed by atoms with van der Waals surface area (Å²) >= 11 is 0. The largest absolute Gasteiger partial charge is 0.542 e. The molecule has 0 saturated heterocycles. The number of rotatable bonds is 2. The molecule has 0 aliphatic heterocycles. The maximum Gasteiger partial charge on any atom is 0 e. The van der Waals surface area contributed by atoms with Gasteiger partial charge in [0.1, 0.15) is 0 Å². The number of hydrogen-bond donors (Lipinski definition) is 0. The van der Waals surface area contributed by atoms with Crippen LogP contribution in [0.1, 0.15) is 19.4 Å². The molecule has 0 N–H and O–H groups in total. The van der Waals surface area contributed by atoms with Crippen molar-refractivity contribution in [2.24, 2.45) is 0 Å². The smallest absolute Gasteiger partial charge is 0 e. The van der Waals surface area contributed by atoms with Gasteiger partial charge in [-0.2, -0.15) is 35.9 Å². The van der Waals surface area contributed by atoms with E-state index in [1.807, 2.05) is 32.0 Å². The molecule has 0 amide bonds. The Bertz CT molecular complexity index is 184. The van der Waals surface area contributed by atoms with E-state index in [1.54, 1.807) is 12.4 Å². The van der Waals surface area contributed by atoms with Gasteiger partial charge in [-0.05, 0) is 0 Å². The van der Waals surface area contributed by atoms with E-state index in [9.17, 15) is 4.79 Å². The van der Waals surface area contributed by atoms with E-state index in [4.69, 9.17) is 0 Å². The molecule has 1 aromatic rings. The van der Waals surface area contributed by atoms with E-state index in [-0.39, 0.29) is 32.7 Å². The van der Waals surface area contributed by atoms with Crippen molar-refractivity contribution < 1.29 is 37.5 Å². The van der Waals surface area contributed by atoms with Crippen LogP contribution in [0.3, 0.4) is 0 Å². The van der Waals surface area contributed by atoms with Gasteiger partial charge in [-0.15, -0.1) is 6.42 Å². The molecular formula is C10H12OY-2. The summed E-state index contributed by atoms with van der Waals surface area (Å²) in [6.07, 6.45) is 2.15. The van der Waals surface area contributed by atoms with Crippen molar-refractivity contribution in [3.05, 3.63) is 35.9 Å². The molecule has 0 heterocycles.